The van der Waals surface area contributed by atoms with Crippen molar-refractivity contribution in [2.75, 3.05) is 0 Å². The summed E-state index contributed by atoms with van der Waals surface area (Å²) in [6.45, 7) is 3.85. The topological polar surface area (TPSA) is 34.1 Å². The number of rotatable bonds is 5. The minimum atomic E-state index is -3.46. The maximum Gasteiger partial charge on any atom is 0.230 e. The monoisotopic (exact) mass is 474 g/mol. The predicted molar refractivity (Wildman–Crippen MR) is 118 cm³/mol. The molecule has 0 aliphatic rings. The largest absolute Gasteiger partial charge is 0.305 e. The molecule has 3 aromatic carbocycles. The summed E-state index contributed by atoms with van der Waals surface area (Å²) in [5.41, 5.74) is 3.23. The Morgan fingerprint density at radius 2 is 1.27 bits per heavy atom. The van der Waals surface area contributed by atoms with Gasteiger partial charge in [-0.05, 0) is 30.5 Å². The quantitative estimate of drug-likeness (QED) is 0.282. The van der Waals surface area contributed by atoms with Gasteiger partial charge in [-0.25, -0.2) is 0 Å². The number of carbonyl (C=O) groups is 1. The summed E-state index contributed by atoms with van der Waals surface area (Å²) in [5, 5.41) is 1.15. The van der Waals surface area contributed by atoms with Crippen molar-refractivity contribution in [2.45, 2.75) is 18.3 Å². The zero-order valence-corrected chi connectivity index (χ0v) is 17.8. The van der Waals surface area contributed by atoms with E-state index in [2.05, 4.69) is 22.6 Å². The minimum Gasteiger partial charge on any atom is -0.305 e. The third-order valence-corrected chi connectivity index (χ3v) is 8.21. The Bertz CT molecular complexity index is 915. The van der Waals surface area contributed by atoms with E-state index < -0.39 is 7.14 Å². The highest BCUT2D eigenvalue weighted by atomic mass is 127. The second-order valence-electron chi connectivity index (χ2n) is 6.32. The van der Waals surface area contributed by atoms with Crippen LogP contribution in [0.4, 0.5) is 0 Å². The van der Waals surface area contributed by atoms with Crippen LogP contribution >= 0.6 is 29.7 Å². The fourth-order valence-electron chi connectivity index (χ4n) is 3.28. The van der Waals surface area contributed by atoms with Crippen molar-refractivity contribution in [1.29, 1.82) is 0 Å². The zero-order valence-electron chi connectivity index (χ0n) is 14.8. The first-order valence-electron chi connectivity index (χ1n) is 8.40. The molecule has 3 rings (SSSR count). The summed E-state index contributed by atoms with van der Waals surface area (Å²) in [5.74, 6) is 0. The molecule has 0 amide bonds. The summed E-state index contributed by atoms with van der Waals surface area (Å²) in [6.07, 6.45) is 0. The Kier molecular flexibility index (Phi) is 5.79. The molecular weight excluding hydrogens is 454 g/mol. The van der Waals surface area contributed by atoms with Crippen LogP contribution in [0, 0.1) is 13.8 Å². The summed E-state index contributed by atoms with van der Waals surface area (Å²) < 4.78 is 15.1. The Balaban J connectivity index is 2.25. The first-order valence-corrected chi connectivity index (χ1v) is 11.6. The molecule has 0 aromatic heterocycles. The van der Waals surface area contributed by atoms with E-state index >= 15 is 0 Å². The fourth-order valence-corrected chi connectivity index (χ4v) is 6.34. The molecule has 0 atom stereocenters. The van der Waals surface area contributed by atoms with Gasteiger partial charge >= 0.3 is 0 Å². The van der Waals surface area contributed by atoms with E-state index in [0.717, 1.165) is 15.6 Å². The van der Waals surface area contributed by atoms with Gasteiger partial charge in [0.05, 0.1) is 0 Å². The lowest BCUT2D eigenvalue weighted by atomic mass is 10.0. The van der Waals surface area contributed by atoms with E-state index in [1.54, 1.807) is 24.3 Å². The van der Waals surface area contributed by atoms with Crippen molar-refractivity contribution >= 4 is 45.9 Å². The average Bonchev–Trinajstić information content (AvgIpc) is 2.68. The molecular formula is C22H20IO2P. The SMILES string of the molecule is Cc1cc(CI)cc(C)c1C(=O)P(=O)(c1ccccc1)c1ccccc1. The molecule has 0 saturated carbocycles. The van der Waals surface area contributed by atoms with Crippen LogP contribution in [0.5, 0.6) is 0 Å². The molecule has 4 heteroatoms. The van der Waals surface area contributed by atoms with Gasteiger partial charge in [0.1, 0.15) is 0 Å². The minimum absolute atomic E-state index is 0.287. The van der Waals surface area contributed by atoms with E-state index in [0.29, 0.717) is 16.2 Å². The van der Waals surface area contributed by atoms with Gasteiger partial charge in [-0.3, -0.25) is 4.79 Å². The van der Waals surface area contributed by atoms with Crippen LogP contribution in [0.3, 0.4) is 0 Å². The Morgan fingerprint density at radius 3 is 1.65 bits per heavy atom. The first kappa shape index (κ1) is 19.1. The highest BCUT2D eigenvalue weighted by molar-refractivity contribution is 14.1. The van der Waals surface area contributed by atoms with Crippen molar-refractivity contribution in [3.8, 4) is 0 Å². The molecule has 0 bridgehead atoms. The van der Waals surface area contributed by atoms with E-state index in [1.807, 2.05) is 62.4 Å². The van der Waals surface area contributed by atoms with Crippen molar-refractivity contribution in [1.82, 2.24) is 0 Å². The Labute approximate surface area is 168 Å². The Morgan fingerprint density at radius 1 is 0.846 bits per heavy atom. The number of aryl methyl sites for hydroxylation is 2. The lowest BCUT2D eigenvalue weighted by Crippen LogP contribution is -2.23. The van der Waals surface area contributed by atoms with Crippen molar-refractivity contribution in [2.24, 2.45) is 0 Å². The maximum absolute atomic E-state index is 14.2. The van der Waals surface area contributed by atoms with Gasteiger partial charge in [-0.2, -0.15) is 0 Å². The molecule has 0 radical (unpaired) electrons. The Hall–Kier alpha value is -1.71. The van der Waals surface area contributed by atoms with Crippen LogP contribution in [-0.4, -0.2) is 5.52 Å². The van der Waals surface area contributed by atoms with Crippen LogP contribution in [0.15, 0.2) is 72.8 Å². The number of hydrogen-bond donors (Lipinski definition) is 0. The highest BCUT2D eigenvalue weighted by Gasteiger charge is 2.37. The van der Waals surface area contributed by atoms with Gasteiger partial charge < -0.3 is 4.57 Å². The molecule has 26 heavy (non-hydrogen) atoms. The van der Waals surface area contributed by atoms with Gasteiger partial charge in [-0.15, -0.1) is 0 Å². The lowest BCUT2D eigenvalue weighted by molar-refractivity contribution is 0.107. The number of hydrogen-bond acceptors (Lipinski definition) is 2. The zero-order chi connectivity index (χ0) is 18.7. The molecule has 0 saturated heterocycles. The summed E-state index contributed by atoms with van der Waals surface area (Å²) >= 11 is 2.31. The number of alkyl halides is 1. The van der Waals surface area contributed by atoms with Crippen molar-refractivity contribution < 1.29 is 9.36 Å². The van der Waals surface area contributed by atoms with Gasteiger partial charge in [0.25, 0.3) is 0 Å². The van der Waals surface area contributed by atoms with Crippen LogP contribution in [0.2, 0.25) is 0 Å². The maximum atomic E-state index is 14.2. The summed E-state index contributed by atoms with van der Waals surface area (Å²) in [4.78, 5) is 13.6. The lowest BCUT2D eigenvalue weighted by Gasteiger charge is -2.20. The van der Waals surface area contributed by atoms with E-state index in [9.17, 15) is 9.36 Å². The molecule has 0 N–H and O–H groups in total. The fraction of sp³-hybridized carbons (Fsp3) is 0.136. The van der Waals surface area contributed by atoms with Gasteiger partial charge in [-0.1, -0.05) is 95.4 Å². The van der Waals surface area contributed by atoms with Crippen molar-refractivity contribution in [3.05, 3.63) is 95.1 Å². The van der Waals surface area contributed by atoms with Crippen LogP contribution in [0.25, 0.3) is 0 Å². The van der Waals surface area contributed by atoms with Gasteiger partial charge in [0, 0.05) is 20.6 Å². The smallest absolute Gasteiger partial charge is 0.230 e. The first-order chi connectivity index (χ1) is 12.5. The molecule has 2 nitrogen and oxygen atoms in total. The standard InChI is InChI=1S/C22H20IO2P/c1-16-13-18(15-23)14-17(2)21(16)22(24)26(25,19-9-5-3-6-10-19)20-11-7-4-8-12-20/h3-14H,15H2,1-2H3. The average molecular weight is 474 g/mol. The molecule has 0 unspecified atom stereocenters. The van der Waals surface area contributed by atoms with Gasteiger partial charge in [0.2, 0.25) is 12.7 Å². The number of benzene rings is 3. The van der Waals surface area contributed by atoms with Crippen LogP contribution in [-0.2, 0) is 8.99 Å². The molecule has 0 aliphatic heterocycles. The predicted octanol–water partition coefficient (Wildman–Crippen LogP) is 5.39. The van der Waals surface area contributed by atoms with E-state index in [-0.39, 0.29) is 5.52 Å². The normalized spacial score (nSPS) is 11.3. The summed E-state index contributed by atoms with van der Waals surface area (Å²) in [6, 6.07) is 22.3. The third-order valence-electron chi connectivity index (χ3n) is 4.49. The number of halogens is 1. The molecule has 0 spiro atoms. The third kappa shape index (κ3) is 3.43. The molecule has 132 valence electrons. The van der Waals surface area contributed by atoms with Crippen molar-refractivity contribution in [3.63, 3.8) is 0 Å². The van der Waals surface area contributed by atoms with Crippen LogP contribution in [0.1, 0.15) is 27.0 Å². The second kappa shape index (κ2) is 7.89. The van der Waals surface area contributed by atoms with E-state index in [4.69, 9.17) is 0 Å². The van der Waals surface area contributed by atoms with Crippen LogP contribution < -0.4 is 10.6 Å². The number of carbonyl (C=O) groups excluding carboxylic acids is 1. The molecule has 0 aliphatic carbocycles. The molecule has 0 heterocycles. The second-order valence-corrected chi connectivity index (χ2v) is 9.74. The summed E-state index contributed by atoms with van der Waals surface area (Å²) in [7, 11) is -3.46. The van der Waals surface area contributed by atoms with E-state index in [1.165, 1.54) is 5.56 Å². The van der Waals surface area contributed by atoms with Gasteiger partial charge in [0.15, 0.2) is 0 Å². The highest BCUT2D eigenvalue weighted by Crippen LogP contribution is 2.47. The molecule has 0 fully saturated rings. The molecule has 3 aromatic rings.